The smallest absolute Gasteiger partial charge is 0.257 e. The summed E-state index contributed by atoms with van der Waals surface area (Å²) in [5, 5.41) is 7.81. The van der Waals surface area contributed by atoms with Gasteiger partial charge in [-0.2, -0.15) is 5.10 Å². The van der Waals surface area contributed by atoms with E-state index >= 15 is 0 Å². The van der Waals surface area contributed by atoms with E-state index in [9.17, 15) is 4.79 Å². The maximum Gasteiger partial charge on any atom is 0.257 e. The lowest BCUT2D eigenvalue weighted by molar-refractivity contribution is 0.0738. The molecule has 0 spiro atoms. The van der Waals surface area contributed by atoms with Gasteiger partial charge in [0, 0.05) is 23.3 Å². The zero-order valence-corrected chi connectivity index (χ0v) is 15.2. The van der Waals surface area contributed by atoms with Crippen molar-refractivity contribution >= 4 is 29.1 Å². The highest BCUT2D eigenvalue weighted by atomic mass is 35.5. The molecule has 0 unspecified atom stereocenters. The Balaban J connectivity index is 2.41. The number of rotatable bonds is 4. The summed E-state index contributed by atoms with van der Waals surface area (Å²) in [6.07, 6.45) is 0. The minimum absolute atomic E-state index is 0.163. The summed E-state index contributed by atoms with van der Waals surface area (Å²) in [7, 11) is 3.20. The fourth-order valence-electron chi connectivity index (χ4n) is 2.66. The van der Waals surface area contributed by atoms with Crippen LogP contribution < -0.4 is 4.74 Å². The first-order valence-corrected chi connectivity index (χ1v) is 7.85. The second kappa shape index (κ2) is 6.81. The lowest BCUT2D eigenvalue weighted by atomic mass is 10.0. The first kappa shape index (κ1) is 17.6. The van der Waals surface area contributed by atoms with Crippen LogP contribution in [0.2, 0.25) is 10.0 Å². The lowest BCUT2D eigenvalue weighted by Crippen LogP contribution is -2.30. The number of carbonyl (C=O) groups is 1. The third kappa shape index (κ3) is 3.31. The van der Waals surface area contributed by atoms with E-state index in [-0.39, 0.29) is 11.9 Å². The highest BCUT2D eigenvalue weighted by molar-refractivity contribution is 6.36. The van der Waals surface area contributed by atoms with Crippen LogP contribution in [0.4, 0.5) is 0 Å². The molecule has 1 heterocycles. The number of carbonyl (C=O) groups excluding carboxylic acids is 1. The third-order valence-electron chi connectivity index (χ3n) is 3.95. The van der Waals surface area contributed by atoms with Gasteiger partial charge in [-0.05, 0) is 32.9 Å². The third-order valence-corrected chi connectivity index (χ3v) is 4.45. The molecule has 1 amide bonds. The van der Waals surface area contributed by atoms with Gasteiger partial charge < -0.3 is 9.64 Å². The van der Waals surface area contributed by atoms with Crippen LogP contribution in [0.5, 0.6) is 5.75 Å². The molecule has 0 aliphatic rings. The molecule has 1 atom stereocenters. The van der Waals surface area contributed by atoms with Gasteiger partial charge in [0.1, 0.15) is 5.75 Å². The van der Waals surface area contributed by atoms with Crippen LogP contribution >= 0.6 is 23.2 Å². The Morgan fingerprint density at radius 1 is 1.35 bits per heavy atom. The molecule has 5 nitrogen and oxygen atoms in total. The predicted molar refractivity (Wildman–Crippen MR) is 91.6 cm³/mol. The normalized spacial score (nSPS) is 12.1. The summed E-state index contributed by atoms with van der Waals surface area (Å²) in [5.41, 5.74) is 3.13. The van der Waals surface area contributed by atoms with Crippen LogP contribution in [-0.4, -0.2) is 35.2 Å². The molecule has 23 heavy (non-hydrogen) atoms. The molecule has 2 rings (SSSR count). The van der Waals surface area contributed by atoms with Crippen LogP contribution in [0.15, 0.2) is 12.1 Å². The Labute approximate surface area is 145 Å². The molecule has 0 aliphatic carbocycles. The van der Waals surface area contributed by atoms with E-state index in [4.69, 9.17) is 27.9 Å². The summed E-state index contributed by atoms with van der Waals surface area (Å²) in [5.74, 6) is 0.0968. The molecule has 7 heteroatoms. The number of H-pyrrole nitrogens is 1. The number of hydrogen-bond donors (Lipinski definition) is 1. The Hall–Kier alpha value is -1.72. The van der Waals surface area contributed by atoms with Crippen molar-refractivity contribution in [3.05, 3.63) is 44.7 Å². The van der Waals surface area contributed by atoms with E-state index in [0.717, 1.165) is 17.0 Å². The number of aromatic amines is 1. The minimum atomic E-state index is -0.223. The van der Waals surface area contributed by atoms with Crippen molar-refractivity contribution in [3.63, 3.8) is 0 Å². The molecule has 0 fully saturated rings. The largest absolute Gasteiger partial charge is 0.494 e. The highest BCUT2D eigenvalue weighted by Crippen LogP contribution is 2.34. The fourth-order valence-corrected chi connectivity index (χ4v) is 3.23. The zero-order chi connectivity index (χ0) is 17.3. The van der Waals surface area contributed by atoms with E-state index in [2.05, 4.69) is 10.2 Å². The van der Waals surface area contributed by atoms with Crippen LogP contribution in [0, 0.1) is 13.8 Å². The number of nitrogens with zero attached hydrogens (tertiary/aromatic N) is 2. The van der Waals surface area contributed by atoms with Gasteiger partial charge in [-0.3, -0.25) is 9.89 Å². The molecule has 2 aromatic rings. The second-order valence-corrected chi connectivity index (χ2v) is 6.25. The van der Waals surface area contributed by atoms with Gasteiger partial charge in [0.05, 0.1) is 29.4 Å². The highest BCUT2D eigenvalue weighted by Gasteiger charge is 2.26. The maximum atomic E-state index is 12.9. The van der Waals surface area contributed by atoms with Crippen molar-refractivity contribution in [1.82, 2.24) is 15.1 Å². The first-order valence-electron chi connectivity index (χ1n) is 7.09. The van der Waals surface area contributed by atoms with Crippen LogP contribution in [0.1, 0.15) is 40.3 Å². The second-order valence-electron chi connectivity index (χ2n) is 5.41. The molecule has 124 valence electrons. The molecule has 0 radical (unpaired) electrons. The number of aryl methyl sites for hydroxylation is 2. The molecule has 0 aliphatic heterocycles. The average Bonchev–Trinajstić information content (AvgIpc) is 2.83. The van der Waals surface area contributed by atoms with Gasteiger partial charge in [0.15, 0.2) is 0 Å². The van der Waals surface area contributed by atoms with Gasteiger partial charge in [0.2, 0.25) is 0 Å². The van der Waals surface area contributed by atoms with Crippen LogP contribution in [0.25, 0.3) is 0 Å². The standard InChI is InChI=1S/C16H19Cl2N3O2/c1-8-14(9(2)20-19-8)10(3)21(4)16(22)12-6-11(17)7-13(18)15(12)23-5/h6-7,10H,1-5H3,(H,19,20)/t10-/m0/s1. The molecule has 0 saturated carbocycles. The number of halogens is 2. The topological polar surface area (TPSA) is 58.2 Å². The molecule has 0 bridgehead atoms. The van der Waals surface area contributed by atoms with Crippen molar-refractivity contribution in [3.8, 4) is 5.75 Å². The predicted octanol–water partition coefficient (Wildman–Crippen LogP) is 4.18. The molecule has 1 aromatic carbocycles. The molecule has 1 N–H and O–H groups in total. The molecular weight excluding hydrogens is 337 g/mol. The Bertz CT molecular complexity index is 724. The summed E-state index contributed by atoms with van der Waals surface area (Å²) < 4.78 is 5.26. The zero-order valence-electron chi connectivity index (χ0n) is 13.7. The number of benzene rings is 1. The molecule has 1 aromatic heterocycles. The molecule has 0 saturated heterocycles. The van der Waals surface area contributed by atoms with Crippen LogP contribution in [-0.2, 0) is 0 Å². The maximum absolute atomic E-state index is 12.9. The SMILES string of the molecule is COc1c(Cl)cc(Cl)cc1C(=O)N(C)[C@@H](C)c1c(C)n[nH]c1C. The number of hydrogen-bond acceptors (Lipinski definition) is 3. The Kier molecular flexibility index (Phi) is 5.22. The monoisotopic (exact) mass is 355 g/mol. The molecular formula is C16H19Cl2N3O2. The van der Waals surface area contributed by atoms with E-state index in [0.29, 0.717) is 21.4 Å². The number of aromatic nitrogens is 2. The van der Waals surface area contributed by atoms with Gasteiger partial charge >= 0.3 is 0 Å². The minimum Gasteiger partial charge on any atom is -0.494 e. The van der Waals surface area contributed by atoms with Crippen molar-refractivity contribution in [2.24, 2.45) is 0 Å². The van der Waals surface area contributed by atoms with Gasteiger partial charge in [-0.1, -0.05) is 23.2 Å². The summed E-state index contributed by atoms with van der Waals surface area (Å²) >= 11 is 12.1. The van der Waals surface area contributed by atoms with Gasteiger partial charge in [-0.25, -0.2) is 0 Å². The van der Waals surface area contributed by atoms with Crippen molar-refractivity contribution in [2.45, 2.75) is 26.8 Å². The van der Waals surface area contributed by atoms with Gasteiger partial charge in [0.25, 0.3) is 5.91 Å². The summed E-state index contributed by atoms with van der Waals surface area (Å²) in [6, 6.07) is 2.95. The van der Waals surface area contributed by atoms with E-state index in [1.807, 2.05) is 20.8 Å². The number of ether oxygens (including phenoxy) is 1. The Morgan fingerprint density at radius 3 is 2.52 bits per heavy atom. The summed E-state index contributed by atoms with van der Waals surface area (Å²) in [4.78, 5) is 14.5. The van der Waals surface area contributed by atoms with Crippen molar-refractivity contribution in [1.29, 1.82) is 0 Å². The summed E-state index contributed by atoms with van der Waals surface area (Å²) in [6.45, 7) is 5.78. The van der Waals surface area contributed by atoms with Gasteiger partial charge in [-0.15, -0.1) is 0 Å². The quantitative estimate of drug-likeness (QED) is 0.894. The lowest BCUT2D eigenvalue weighted by Gasteiger charge is -2.26. The fraction of sp³-hybridized carbons (Fsp3) is 0.375. The number of nitrogens with one attached hydrogen (secondary N) is 1. The Morgan fingerprint density at radius 2 is 2.00 bits per heavy atom. The van der Waals surface area contributed by atoms with E-state index in [1.54, 1.807) is 24.1 Å². The van der Waals surface area contributed by atoms with E-state index < -0.39 is 0 Å². The van der Waals surface area contributed by atoms with Crippen molar-refractivity contribution < 1.29 is 9.53 Å². The van der Waals surface area contributed by atoms with Crippen LogP contribution in [0.3, 0.4) is 0 Å². The van der Waals surface area contributed by atoms with E-state index in [1.165, 1.54) is 7.11 Å². The number of methoxy groups -OCH3 is 1. The average molecular weight is 356 g/mol. The first-order chi connectivity index (χ1) is 10.8. The number of amides is 1. The van der Waals surface area contributed by atoms with Crippen molar-refractivity contribution in [2.75, 3.05) is 14.2 Å².